The second-order valence-electron chi connectivity index (χ2n) is 5.39. The number of aromatic nitrogens is 1. The van der Waals surface area contributed by atoms with E-state index in [0.29, 0.717) is 6.54 Å². The first-order valence-electron chi connectivity index (χ1n) is 6.75. The van der Waals surface area contributed by atoms with Crippen molar-refractivity contribution in [3.05, 3.63) is 35.5 Å². The third-order valence-corrected chi connectivity index (χ3v) is 4.48. The lowest BCUT2D eigenvalue weighted by Crippen LogP contribution is -2.24. The van der Waals surface area contributed by atoms with E-state index in [4.69, 9.17) is 0 Å². The first-order valence-corrected chi connectivity index (χ1v) is 8.82. The highest BCUT2D eigenvalue weighted by Gasteiger charge is 2.08. The van der Waals surface area contributed by atoms with E-state index in [9.17, 15) is 13.2 Å². The van der Waals surface area contributed by atoms with Crippen LogP contribution in [0.4, 0.5) is 0 Å². The molecular formula is C15H20N2O3S. The molecule has 0 radical (unpaired) electrons. The Kier molecular flexibility index (Phi) is 4.37. The average Bonchev–Trinajstić information content (AvgIpc) is 2.68. The van der Waals surface area contributed by atoms with E-state index >= 15 is 0 Å². The number of hydrogen-bond acceptors (Lipinski definition) is 3. The standard InChI is InChI=1S/C15H20N2O3S/c1-11-8-13-9-12(4-5-14(13)17(11)2)10-16-15(18)6-7-21(3,19)20/h4-5,8-9H,6-7,10H2,1-3H3,(H,16,18). The number of nitrogens with zero attached hydrogens (tertiary/aromatic N) is 1. The Bertz CT molecular complexity index is 776. The smallest absolute Gasteiger partial charge is 0.221 e. The molecule has 21 heavy (non-hydrogen) atoms. The quantitative estimate of drug-likeness (QED) is 0.911. The van der Waals surface area contributed by atoms with Crippen LogP contribution >= 0.6 is 0 Å². The summed E-state index contributed by atoms with van der Waals surface area (Å²) in [7, 11) is -1.08. The topological polar surface area (TPSA) is 68.2 Å². The van der Waals surface area contributed by atoms with Gasteiger partial charge in [0, 0.05) is 42.9 Å². The maximum atomic E-state index is 11.6. The second-order valence-corrected chi connectivity index (χ2v) is 7.65. The minimum atomic E-state index is -3.10. The van der Waals surface area contributed by atoms with Crippen LogP contribution in [-0.2, 0) is 28.2 Å². The van der Waals surface area contributed by atoms with Crippen LogP contribution in [0.1, 0.15) is 17.7 Å². The van der Waals surface area contributed by atoms with E-state index in [-0.39, 0.29) is 18.1 Å². The summed E-state index contributed by atoms with van der Waals surface area (Å²) in [6, 6.07) is 8.14. The molecule has 5 nitrogen and oxygen atoms in total. The van der Waals surface area contributed by atoms with Crippen molar-refractivity contribution < 1.29 is 13.2 Å². The van der Waals surface area contributed by atoms with Crippen molar-refractivity contribution in [3.63, 3.8) is 0 Å². The Morgan fingerprint density at radius 3 is 2.67 bits per heavy atom. The highest BCUT2D eigenvalue weighted by atomic mass is 32.2. The molecule has 0 saturated heterocycles. The van der Waals surface area contributed by atoms with Crippen molar-refractivity contribution in [2.45, 2.75) is 19.9 Å². The summed E-state index contributed by atoms with van der Waals surface area (Å²) in [5.41, 5.74) is 3.33. The number of benzene rings is 1. The molecule has 0 unspecified atom stereocenters. The monoisotopic (exact) mass is 308 g/mol. The lowest BCUT2D eigenvalue weighted by Gasteiger charge is -2.06. The molecule has 0 bridgehead atoms. The molecule has 0 spiro atoms. The molecular weight excluding hydrogens is 288 g/mol. The molecule has 2 aromatic rings. The third-order valence-electron chi connectivity index (χ3n) is 3.54. The maximum absolute atomic E-state index is 11.6. The largest absolute Gasteiger partial charge is 0.352 e. The van der Waals surface area contributed by atoms with E-state index in [0.717, 1.165) is 22.7 Å². The molecule has 2 rings (SSSR count). The van der Waals surface area contributed by atoms with Crippen LogP contribution in [0.5, 0.6) is 0 Å². The van der Waals surface area contributed by atoms with Gasteiger partial charge in [-0.05, 0) is 30.7 Å². The van der Waals surface area contributed by atoms with E-state index in [2.05, 4.69) is 16.0 Å². The van der Waals surface area contributed by atoms with Crippen LogP contribution in [-0.4, -0.2) is 30.9 Å². The minimum absolute atomic E-state index is 0.00548. The van der Waals surface area contributed by atoms with Gasteiger partial charge in [-0.2, -0.15) is 0 Å². The van der Waals surface area contributed by atoms with Crippen LogP contribution in [0.15, 0.2) is 24.3 Å². The number of amides is 1. The van der Waals surface area contributed by atoms with Crippen LogP contribution in [0, 0.1) is 6.92 Å². The molecule has 1 aromatic carbocycles. The Morgan fingerprint density at radius 2 is 2.00 bits per heavy atom. The lowest BCUT2D eigenvalue weighted by atomic mass is 10.1. The summed E-state index contributed by atoms with van der Waals surface area (Å²) >= 11 is 0. The molecule has 0 saturated carbocycles. The molecule has 0 fully saturated rings. The highest BCUT2D eigenvalue weighted by Crippen LogP contribution is 2.19. The summed E-state index contributed by atoms with van der Waals surface area (Å²) in [6.45, 7) is 2.46. The number of carbonyl (C=O) groups excluding carboxylic acids is 1. The number of fused-ring (bicyclic) bond motifs is 1. The Balaban J connectivity index is 1.99. The van der Waals surface area contributed by atoms with Crippen LogP contribution in [0.25, 0.3) is 10.9 Å². The molecule has 1 N–H and O–H groups in total. The van der Waals surface area contributed by atoms with Gasteiger partial charge in [-0.1, -0.05) is 6.07 Å². The first kappa shape index (κ1) is 15.6. The van der Waals surface area contributed by atoms with Gasteiger partial charge in [0.2, 0.25) is 5.91 Å². The number of aryl methyl sites for hydroxylation is 2. The predicted molar refractivity (Wildman–Crippen MR) is 83.8 cm³/mol. The first-order chi connectivity index (χ1) is 9.76. The van der Waals surface area contributed by atoms with Gasteiger partial charge in [0.1, 0.15) is 9.84 Å². The molecule has 0 aliphatic rings. The molecule has 0 aliphatic carbocycles. The lowest BCUT2D eigenvalue weighted by molar-refractivity contribution is -0.120. The van der Waals surface area contributed by atoms with Gasteiger partial charge in [0.25, 0.3) is 0 Å². The van der Waals surface area contributed by atoms with Crippen molar-refractivity contribution in [2.24, 2.45) is 7.05 Å². The zero-order chi connectivity index (χ0) is 15.6. The average molecular weight is 308 g/mol. The minimum Gasteiger partial charge on any atom is -0.352 e. The molecule has 0 atom stereocenters. The van der Waals surface area contributed by atoms with Gasteiger partial charge in [-0.25, -0.2) is 8.42 Å². The summed E-state index contributed by atoms with van der Waals surface area (Å²) < 4.78 is 24.1. The fourth-order valence-electron chi connectivity index (χ4n) is 2.21. The Labute approximate surface area is 124 Å². The van der Waals surface area contributed by atoms with Gasteiger partial charge in [0.05, 0.1) is 5.75 Å². The Morgan fingerprint density at radius 1 is 1.29 bits per heavy atom. The van der Waals surface area contributed by atoms with Crippen molar-refractivity contribution in [3.8, 4) is 0 Å². The number of nitrogens with one attached hydrogen (secondary N) is 1. The van der Waals surface area contributed by atoms with Crippen molar-refractivity contribution in [2.75, 3.05) is 12.0 Å². The molecule has 1 amide bonds. The van der Waals surface area contributed by atoms with Crippen LogP contribution in [0.2, 0.25) is 0 Å². The molecule has 1 aromatic heterocycles. The zero-order valence-corrected chi connectivity index (χ0v) is 13.3. The maximum Gasteiger partial charge on any atom is 0.221 e. The molecule has 114 valence electrons. The van der Waals surface area contributed by atoms with Gasteiger partial charge in [-0.15, -0.1) is 0 Å². The van der Waals surface area contributed by atoms with Gasteiger partial charge in [-0.3, -0.25) is 4.79 Å². The van der Waals surface area contributed by atoms with Gasteiger partial charge in [0.15, 0.2) is 0 Å². The summed E-state index contributed by atoms with van der Waals surface area (Å²) in [4.78, 5) is 11.6. The zero-order valence-electron chi connectivity index (χ0n) is 12.5. The van der Waals surface area contributed by atoms with Gasteiger partial charge < -0.3 is 9.88 Å². The molecule has 0 aliphatic heterocycles. The Hall–Kier alpha value is -1.82. The number of rotatable bonds is 5. The second kappa shape index (κ2) is 5.89. The summed E-state index contributed by atoms with van der Waals surface area (Å²) in [5, 5.41) is 3.88. The van der Waals surface area contributed by atoms with Crippen LogP contribution < -0.4 is 5.32 Å². The van der Waals surface area contributed by atoms with Crippen molar-refractivity contribution in [1.82, 2.24) is 9.88 Å². The van der Waals surface area contributed by atoms with Crippen molar-refractivity contribution >= 4 is 26.6 Å². The number of carbonyl (C=O) groups is 1. The van der Waals surface area contributed by atoms with E-state index in [1.807, 2.05) is 32.2 Å². The highest BCUT2D eigenvalue weighted by molar-refractivity contribution is 7.90. The summed E-state index contributed by atoms with van der Waals surface area (Å²) in [5.74, 6) is -0.361. The SMILES string of the molecule is Cc1cc2cc(CNC(=O)CCS(C)(=O)=O)ccc2n1C. The fraction of sp³-hybridized carbons (Fsp3) is 0.400. The van der Waals surface area contributed by atoms with E-state index < -0.39 is 9.84 Å². The molecule has 1 heterocycles. The van der Waals surface area contributed by atoms with Gasteiger partial charge >= 0.3 is 0 Å². The summed E-state index contributed by atoms with van der Waals surface area (Å²) in [6.07, 6.45) is 1.14. The normalized spacial score (nSPS) is 11.8. The number of sulfone groups is 1. The van der Waals surface area contributed by atoms with E-state index in [1.165, 1.54) is 5.69 Å². The third kappa shape index (κ3) is 4.07. The van der Waals surface area contributed by atoms with Crippen molar-refractivity contribution in [1.29, 1.82) is 0 Å². The fourth-order valence-corrected chi connectivity index (χ4v) is 2.77. The molecule has 6 heteroatoms. The van der Waals surface area contributed by atoms with Crippen LogP contribution in [0.3, 0.4) is 0 Å². The predicted octanol–water partition coefficient (Wildman–Crippen LogP) is 1.54. The number of hydrogen-bond donors (Lipinski definition) is 1. The van der Waals surface area contributed by atoms with E-state index in [1.54, 1.807) is 0 Å².